The third kappa shape index (κ3) is 18.8. The molecule has 0 saturated heterocycles. The van der Waals surface area contributed by atoms with E-state index in [4.69, 9.17) is 18.9 Å². The van der Waals surface area contributed by atoms with Gasteiger partial charge in [0.05, 0.1) is 25.4 Å². The minimum Gasteiger partial charge on any atom is -0.481 e. The van der Waals surface area contributed by atoms with Crippen molar-refractivity contribution < 1.29 is 52.8 Å². The maximum absolute atomic E-state index is 13.8. The lowest BCUT2D eigenvalue weighted by Gasteiger charge is -2.25. The average molecular weight is 700 g/mol. The van der Waals surface area contributed by atoms with Crippen molar-refractivity contribution in [3.05, 3.63) is 42.0 Å². The van der Waals surface area contributed by atoms with Crippen molar-refractivity contribution in [2.75, 3.05) is 13.7 Å². The van der Waals surface area contributed by atoms with E-state index in [0.717, 1.165) is 51.9 Å². The number of allylic oxidation sites excluding steroid dienone is 1. The molecule has 50 heavy (non-hydrogen) atoms. The highest BCUT2D eigenvalue weighted by Gasteiger charge is 2.37. The van der Waals surface area contributed by atoms with Gasteiger partial charge in [0.25, 0.3) is 0 Å². The predicted molar refractivity (Wildman–Crippen MR) is 186 cm³/mol. The van der Waals surface area contributed by atoms with Gasteiger partial charge in [-0.05, 0) is 50.3 Å². The Balaban J connectivity index is 3.13. The number of unbranched alkanes of at least 4 members (excludes halogenated alkanes) is 6. The van der Waals surface area contributed by atoms with E-state index in [0.29, 0.717) is 30.6 Å². The van der Waals surface area contributed by atoms with Crippen LogP contribution >= 0.6 is 0 Å². The fourth-order valence-corrected chi connectivity index (χ4v) is 5.09. The summed E-state index contributed by atoms with van der Waals surface area (Å²) in [5.74, 6) is -1.17. The number of amides is 1. The zero-order valence-corrected chi connectivity index (χ0v) is 30.0. The summed E-state index contributed by atoms with van der Waals surface area (Å²) in [6, 6.07) is 5.66. The first-order chi connectivity index (χ1) is 23.9. The summed E-state index contributed by atoms with van der Waals surface area (Å²) in [6.07, 6.45) is 9.03. The van der Waals surface area contributed by atoms with Crippen LogP contribution in [0.15, 0.2) is 36.4 Å². The third-order valence-corrected chi connectivity index (χ3v) is 7.68. The molecule has 0 spiro atoms. The van der Waals surface area contributed by atoms with Crippen molar-refractivity contribution in [3.63, 3.8) is 0 Å². The van der Waals surface area contributed by atoms with Gasteiger partial charge in [0, 0.05) is 33.1 Å². The second-order valence-corrected chi connectivity index (χ2v) is 11.9. The number of Topliss-reactive ketones (excluding diaryl/α,β-unsaturated/α-hetero) is 1. The molecule has 0 saturated carbocycles. The van der Waals surface area contributed by atoms with Crippen LogP contribution in [0.3, 0.4) is 0 Å². The Kier molecular flexibility index (Phi) is 22.0. The molecule has 0 aliphatic rings. The Morgan fingerprint density at radius 1 is 0.920 bits per heavy atom. The first-order valence-corrected chi connectivity index (χ1v) is 17.2. The second kappa shape index (κ2) is 25.3. The van der Waals surface area contributed by atoms with Gasteiger partial charge in [-0.25, -0.2) is 4.79 Å². The highest BCUT2D eigenvalue weighted by molar-refractivity contribution is 5.91. The van der Waals surface area contributed by atoms with Gasteiger partial charge in [0.15, 0.2) is 0 Å². The van der Waals surface area contributed by atoms with Crippen LogP contribution in [0.1, 0.15) is 104 Å². The van der Waals surface area contributed by atoms with E-state index in [1.807, 2.05) is 0 Å². The Labute approximate surface area is 295 Å². The number of ether oxygens (including phenoxy) is 4. The lowest BCUT2D eigenvalue weighted by Crippen LogP contribution is -2.48. The summed E-state index contributed by atoms with van der Waals surface area (Å²) >= 11 is 0. The molecule has 0 heterocycles. The summed E-state index contributed by atoms with van der Waals surface area (Å²) < 4.78 is 20.5. The molecule has 1 aromatic carbocycles. The molecule has 0 bridgehead atoms. The van der Waals surface area contributed by atoms with Crippen LogP contribution in [-0.4, -0.2) is 66.7 Å². The average Bonchev–Trinajstić information content (AvgIpc) is 3.06. The number of esters is 3. The van der Waals surface area contributed by atoms with Gasteiger partial charge in [-0.1, -0.05) is 62.8 Å². The number of rotatable bonds is 25. The van der Waals surface area contributed by atoms with Crippen LogP contribution in [0.25, 0.3) is 0 Å². The van der Waals surface area contributed by atoms with Gasteiger partial charge < -0.3 is 29.4 Å². The van der Waals surface area contributed by atoms with Gasteiger partial charge in [-0.15, -0.1) is 5.92 Å². The van der Waals surface area contributed by atoms with Crippen LogP contribution in [0.2, 0.25) is 0 Å². The minimum absolute atomic E-state index is 0.0303. The number of carboxylic acid groups (broad SMARTS) is 1. The van der Waals surface area contributed by atoms with Crippen LogP contribution in [0.5, 0.6) is 5.75 Å². The first-order valence-electron chi connectivity index (χ1n) is 17.2. The number of carbonyl (C=O) groups is 6. The summed E-state index contributed by atoms with van der Waals surface area (Å²) in [4.78, 5) is 75.1. The Hall–Kier alpha value is -4.66. The van der Waals surface area contributed by atoms with Crippen LogP contribution in [0, 0.1) is 23.7 Å². The maximum Gasteiger partial charge on any atom is 0.328 e. The number of hydrogen-bond donors (Lipinski definition) is 2. The molecule has 0 radical (unpaired) electrons. The van der Waals surface area contributed by atoms with Crippen molar-refractivity contribution in [3.8, 4) is 17.6 Å². The fraction of sp³-hybridized carbons (Fsp3) is 0.579. The van der Waals surface area contributed by atoms with E-state index >= 15 is 0 Å². The third-order valence-electron chi connectivity index (χ3n) is 7.68. The molecule has 0 aromatic heterocycles. The zero-order valence-electron chi connectivity index (χ0n) is 30.0. The minimum atomic E-state index is -1.51. The number of carbonyl (C=O) groups excluding carboxylic acids is 5. The van der Waals surface area contributed by atoms with Crippen molar-refractivity contribution in [2.45, 2.75) is 117 Å². The Bertz CT molecular complexity index is 1330. The van der Waals surface area contributed by atoms with Crippen molar-refractivity contribution in [1.29, 1.82) is 0 Å². The number of carboxylic acids is 1. The lowest BCUT2D eigenvalue weighted by molar-refractivity contribution is -0.188. The highest BCUT2D eigenvalue weighted by Crippen LogP contribution is 2.23. The van der Waals surface area contributed by atoms with E-state index in [1.165, 1.54) is 20.1 Å². The molecule has 1 amide bonds. The van der Waals surface area contributed by atoms with E-state index in [-0.39, 0.29) is 18.8 Å². The fourth-order valence-electron chi connectivity index (χ4n) is 5.09. The van der Waals surface area contributed by atoms with Crippen molar-refractivity contribution in [2.24, 2.45) is 11.8 Å². The quantitative estimate of drug-likeness (QED) is 0.0434. The smallest absolute Gasteiger partial charge is 0.328 e. The summed E-state index contributed by atoms with van der Waals surface area (Å²) in [5, 5.41) is 12.3. The normalized spacial score (nSPS) is 13.1. The molecule has 1 rings (SSSR count). The molecule has 1 aromatic rings. The first kappa shape index (κ1) is 43.4. The molecule has 1 unspecified atom stereocenters. The van der Waals surface area contributed by atoms with Crippen LogP contribution in [0.4, 0.5) is 0 Å². The SMILES string of the molecule is CC#CCOc1ccc(C[C@H](NC(=O)[C@@H](/C=C/CCCCCCC(=O)CCCCC)[C@@H](CC(=O)O)C(=O)OC(C)OC(C)=O)C(=O)OC)cc1. The van der Waals surface area contributed by atoms with E-state index in [1.54, 1.807) is 37.3 Å². The number of hydrogen-bond acceptors (Lipinski definition) is 10. The molecule has 0 aliphatic heterocycles. The molecule has 2 N–H and O–H groups in total. The molecule has 12 heteroatoms. The summed E-state index contributed by atoms with van der Waals surface area (Å²) in [7, 11) is 1.17. The maximum atomic E-state index is 13.8. The second-order valence-electron chi connectivity index (χ2n) is 11.9. The predicted octanol–water partition coefficient (Wildman–Crippen LogP) is 5.49. The van der Waals surface area contributed by atoms with E-state index in [2.05, 4.69) is 24.1 Å². The topological polar surface area (TPSA) is 172 Å². The number of aliphatic carboxylic acids is 1. The highest BCUT2D eigenvalue weighted by atomic mass is 16.7. The molecule has 276 valence electrons. The summed E-state index contributed by atoms with van der Waals surface area (Å²) in [5.41, 5.74) is 0.668. The zero-order chi connectivity index (χ0) is 37.3. The number of benzene rings is 1. The molecule has 4 atom stereocenters. The molecule has 0 fully saturated rings. The molecular weight excluding hydrogens is 646 g/mol. The Morgan fingerprint density at radius 3 is 2.18 bits per heavy atom. The molecular formula is C38H53NO11. The van der Waals surface area contributed by atoms with Gasteiger partial charge >= 0.3 is 23.9 Å². The Morgan fingerprint density at radius 2 is 1.58 bits per heavy atom. The van der Waals surface area contributed by atoms with Gasteiger partial charge in [0.1, 0.15) is 24.2 Å². The van der Waals surface area contributed by atoms with Gasteiger partial charge in [-0.3, -0.25) is 24.0 Å². The number of methoxy groups -OCH3 is 1. The van der Waals surface area contributed by atoms with Crippen LogP contribution in [-0.2, 0) is 49.4 Å². The largest absolute Gasteiger partial charge is 0.481 e. The van der Waals surface area contributed by atoms with E-state index in [9.17, 15) is 33.9 Å². The standard InChI is InChI=1S/C38H53NO11/c1-6-8-14-17-30(41)18-15-12-10-11-13-16-19-32(33(26-35(42)43)37(45)50-28(4)49-27(3)40)36(44)39-34(38(46)47-5)25-29-20-22-31(23-21-29)48-24-9-7-2/h16,19-23,28,32-34H,6,8,10-15,17-18,24-26H2,1-5H3,(H,39,44)(H,42,43)/b19-16+/t28?,32-,33+,34-/m0/s1. The van der Waals surface area contributed by atoms with Crippen LogP contribution < -0.4 is 10.1 Å². The summed E-state index contributed by atoms with van der Waals surface area (Å²) in [6.45, 7) is 6.43. The molecule has 12 nitrogen and oxygen atoms in total. The van der Waals surface area contributed by atoms with Crippen molar-refractivity contribution in [1.82, 2.24) is 5.32 Å². The number of nitrogens with one attached hydrogen (secondary N) is 1. The molecule has 0 aliphatic carbocycles. The van der Waals surface area contributed by atoms with Gasteiger partial charge in [-0.2, -0.15) is 0 Å². The van der Waals surface area contributed by atoms with Crippen molar-refractivity contribution >= 4 is 35.6 Å². The number of ketones is 1. The monoisotopic (exact) mass is 699 g/mol. The van der Waals surface area contributed by atoms with E-state index < -0.39 is 60.4 Å². The van der Waals surface area contributed by atoms with Gasteiger partial charge in [0.2, 0.25) is 12.2 Å². The lowest BCUT2D eigenvalue weighted by atomic mass is 9.87.